The van der Waals surface area contributed by atoms with Crippen molar-refractivity contribution in [1.29, 1.82) is 0 Å². The average Bonchev–Trinajstić information content (AvgIpc) is 2.45. The number of hydrogen-bond acceptors (Lipinski definition) is 3. The Balaban J connectivity index is 1.68. The molecule has 0 amide bonds. The van der Waals surface area contributed by atoms with Gasteiger partial charge in [0, 0.05) is 32.7 Å². The number of ether oxygens (including phenoxy) is 1. The molecule has 3 nitrogen and oxygen atoms in total. The minimum Gasteiger partial charge on any atom is -0.379 e. The molecule has 1 aromatic rings. The maximum atomic E-state index is 5.35. The number of nitrogens with one attached hydrogen (secondary N) is 1. The lowest BCUT2D eigenvalue weighted by molar-refractivity contribution is 0.0384. The van der Waals surface area contributed by atoms with Crippen LogP contribution in [-0.4, -0.2) is 44.3 Å². The molecule has 0 spiro atoms. The molecule has 3 heteroatoms. The number of nitrogens with zero attached hydrogens (tertiary/aromatic N) is 1. The second-order valence-electron chi connectivity index (χ2n) is 5.33. The van der Waals surface area contributed by atoms with Crippen molar-refractivity contribution in [1.82, 2.24) is 10.2 Å². The summed E-state index contributed by atoms with van der Waals surface area (Å²) >= 11 is 0. The van der Waals surface area contributed by atoms with E-state index in [1.165, 1.54) is 17.0 Å². The van der Waals surface area contributed by atoms with E-state index in [9.17, 15) is 0 Å². The van der Waals surface area contributed by atoms with Gasteiger partial charge < -0.3 is 10.1 Å². The molecule has 0 atom stereocenters. The molecule has 1 saturated heterocycles. The first kappa shape index (κ1) is 14.5. The fourth-order valence-corrected chi connectivity index (χ4v) is 2.29. The third-order valence-corrected chi connectivity index (χ3v) is 3.54. The Morgan fingerprint density at radius 2 is 2.05 bits per heavy atom. The van der Waals surface area contributed by atoms with Gasteiger partial charge in [0.15, 0.2) is 0 Å². The molecule has 1 N–H and O–H groups in total. The topological polar surface area (TPSA) is 24.5 Å². The van der Waals surface area contributed by atoms with E-state index in [4.69, 9.17) is 4.74 Å². The molecule has 1 aliphatic heterocycles. The summed E-state index contributed by atoms with van der Waals surface area (Å²) in [4.78, 5) is 2.46. The first-order valence-corrected chi connectivity index (χ1v) is 7.16. The van der Waals surface area contributed by atoms with Crippen molar-refractivity contribution in [3.8, 4) is 0 Å². The molecule has 19 heavy (non-hydrogen) atoms. The summed E-state index contributed by atoms with van der Waals surface area (Å²) in [6, 6.07) is 8.78. The molecule has 0 unspecified atom stereocenters. The fraction of sp³-hybridized carbons (Fsp3) is 0.562. The maximum Gasteiger partial charge on any atom is 0.0594 e. The lowest BCUT2D eigenvalue weighted by Gasteiger charge is -2.26. The largest absolute Gasteiger partial charge is 0.379 e. The molecule has 2 rings (SSSR count). The standard InChI is InChI=1S/C16H25N2O/c1-14(2)16-5-3-4-15(12-16)13-17-6-7-18-8-10-19-11-9-18/h3-5,12,17H,6-11,13H2,1-2H3. The van der Waals surface area contributed by atoms with Crippen molar-refractivity contribution in [3.63, 3.8) is 0 Å². The molecule has 1 aliphatic rings. The van der Waals surface area contributed by atoms with E-state index in [1.807, 2.05) is 0 Å². The Labute approximate surface area is 116 Å². The van der Waals surface area contributed by atoms with Crippen LogP contribution in [0.1, 0.15) is 25.0 Å². The van der Waals surface area contributed by atoms with Crippen LogP contribution in [0.3, 0.4) is 0 Å². The van der Waals surface area contributed by atoms with Gasteiger partial charge in [0.05, 0.1) is 13.2 Å². The van der Waals surface area contributed by atoms with Crippen LogP contribution in [0.2, 0.25) is 0 Å². The van der Waals surface area contributed by atoms with Gasteiger partial charge >= 0.3 is 0 Å². The lowest BCUT2D eigenvalue weighted by Crippen LogP contribution is -2.40. The molecule has 0 aliphatic carbocycles. The van der Waals surface area contributed by atoms with E-state index < -0.39 is 0 Å². The van der Waals surface area contributed by atoms with Crippen LogP contribution in [0.5, 0.6) is 0 Å². The second kappa shape index (κ2) is 7.63. The third kappa shape index (κ3) is 4.94. The average molecular weight is 261 g/mol. The minimum atomic E-state index is 0.883. The summed E-state index contributed by atoms with van der Waals surface area (Å²) in [6.07, 6.45) is 0. The Morgan fingerprint density at radius 1 is 1.26 bits per heavy atom. The molecule has 0 saturated carbocycles. The smallest absolute Gasteiger partial charge is 0.0594 e. The van der Waals surface area contributed by atoms with Crippen LogP contribution in [0.15, 0.2) is 24.3 Å². The zero-order valence-corrected chi connectivity index (χ0v) is 12.1. The molecule has 105 valence electrons. The zero-order chi connectivity index (χ0) is 13.5. The van der Waals surface area contributed by atoms with E-state index in [0.29, 0.717) is 0 Å². The predicted octanol–water partition coefficient (Wildman–Crippen LogP) is 2.07. The van der Waals surface area contributed by atoms with Crippen LogP contribution >= 0.6 is 0 Å². The lowest BCUT2D eigenvalue weighted by atomic mass is 10.0. The SMILES string of the molecule is C[C](C)c1cccc(CNCCN2CCOCC2)c1. The fourth-order valence-electron chi connectivity index (χ4n) is 2.29. The van der Waals surface area contributed by atoms with Gasteiger partial charge in [0.25, 0.3) is 0 Å². The highest BCUT2D eigenvalue weighted by molar-refractivity contribution is 5.32. The molecule has 1 fully saturated rings. The first-order valence-electron chi connectivity index (χ1n) is 7.16. The Kier molecular flexibility index (Phi) is 5.83. The number of morpholine rings is 1. The quantitative estimate of drug-likeness (QED) is 0.793. The second-order valence-corrected chi connectivity index (χ2v) is 5.33. The van der Waals surface area contributed by atoms with Gasteiger partial charge in [-0.2, -0.15) is 0 Å². The van der Waals surface area contributed by atoms with Gasteiger partial charge in [-0.15, -0.1) is 0 Å². The molecular formula is C16H25N2O. The van der Waals surface area contributed by atoms with Crippen LogP contribution < -0.4 is 5.32 Å². The minimum absolute atomic E-state index is 0.883. The van der Waals surface area contributed by atoms with E-state index >= 15 is 0 Å². The Hall–Kier alpha value is -0.900. The van der Waals surface area contributed by atoms with Gasteiger partial charge in [0.2, 0.25) is 0 Å². The van der Waals surface area contributed by atoms with Gasteiger partial charge in [-0.1, -0.05) is 38.1 Å². The summed E-state index contributed by atoms with van der Waals surface area (Å²) < 4.78 is 5.35. The summed E-state index contributed by atoms with van der Waals surface area (Å²) in [5.74, 6) is 1.37. The van der Waals surface area contributed by atoms with Crippen molar-refractivity contribution in [3.05, 3.63) is 41.3 Å². The molecule has 1 radical (unpaired) electrons. The Morgan fingerprint density at radius 3 is 2.79 bits per heavy atom. The van der Waals surface area contributed by atoms with Crippen LogP contribution in [0, 0.1) is 5.92 Å². The zero-order valence-electron chi connectivity index (χ0n) is 12.1. The predicted molar refractivity (Wildman–Crippen MR) is 79.1 cm³/mol. The summed E-state index contributed by atoms with van der Waals surface area (Å²) in [5, 5.41) is 3.52. The van der Waals surface area contributed by atoms with E-state index in [1.54, 1.807) is 0 Å². The van der Waals surface area contributed by atoms with Crippen molar-refractivity contribution < 1.29 is 4.74 Å². The molecule has 1 aromatic carbocycles. The number of hydrogen-bond donors (Lipinski definition) is 1. The maximum absolute atomic E-state index is 5.35. The van der Waals surface area contributed by atoms with Gasteiger partial charge in [-0.3, -0.25) is 4.90 Å². The van der Waals surface area contributed by atoms with Crippen molar-refractivity contribution >= 4 is 0 Å². The van der Waals surface area contributed by atoms with Crippen LogP contribution in [0.25, 0.3) is 0 Å². The summed E-state index contributed by atoms with van der Waals surface area (Å²) in [5.41, 5.74) is 2.70. The molecular weight excluding hydrogens is 236 g/mol. The monoisotopic (exact) mass is 261 g/mol. The first-order chi connectivity index (χ1) is 9.25. The van der Waals surface area contributed by atoms with Gasteiger partial charge in [-0.25, -0.2) is 0 Å². The third-order valence-electron chi connectivity index (χ3n) is 3.54. The highest BCUT2D eigenvalue weighted by Crippen LogP contribution is 2.14. The normalized spacial score (nSPS) is 17.0. The number of benzene rings is 1. The van der Waals surface area contributed by atoms with E-state index in [0.717, 1.165) is 45.9 Å². The molecule has 1 heterocycles. The summed E-state index contributed by atoms with van der Waals surface area (Å²) in [6.45, 7) is 11.3. The highest BCUT2D eigenvalue weighted by Gasteiger charge is 2.08. The van der Waals surface area contributed by atoms with Crippen LogP contribution in [0.4, 0.5) is 0 Å². The molecule has 0 bridgehead atoms. The highest BCUT2D eigenvalue weighted by atomic mass is 16.5. The number of rotatable bonds is 6. The van der Waals surface area contributed by atoms with Crippen LogP contribution in [-0.2, 0) is 11.3 Å². The van der Waals surface area contributed by atoms with Gasteiger partial charge in [0.1, 0.15) is 0 Å². The van der Waals surface area contributed by atoms with Crippen molar-refractivity contribution in [2.75, 3.05) is 39.4 Å². The van der Waals surface area contributed by atoms with E-state index in [-0.39, 0.29) is 0 Å². The molecule has 0 aromatic heterocycles. The Bertz CT molecular complexity index is 373. The van der Waals surface area contributed by atoms with Crippen molar-refractivity contribution in [2.45, 2.75) is 20.4 Å². The van der Waals surface area contributed by atoms with E-state index in [2.05, 4.69) is 48.3 Å². The van der Waals surface area contributed by atoms with Gasteiger partial charge in [-0.05, 0) is 17.0 Å². The summed E-state index contributed by atoms with van der Waals surface area (Å²) in [7, 11) is 0. The van der Waals surface area contributed by atoms with Crippen molar-refractivity contribution in [2.24, 2.45) is 0 Å².